The molecule has 0 aliphatic carbocycles. The quantitative estimate of drug-likeness (QED) is 0.189. The first-order valence-electron chi connectivity index (χ1n) is 14.6. The van der Waals surface area contributed by atoms with Gasteiger partial charge in [-0.2, -0.15) is 5.10 Å². The first-order valence-corrected chi connectivity index (χ1v) is 16.5. The molecule has 6 rings (SSSR count). The summed E-state index contributed by atoms with van der Waals surface area (Å²) >= 11 is 0. The molecule has 0 saturated heterocycles. The summed E-state index contributed by atoms with van der Waals surface area (Å²) in [5, 5.41) is 9.00. The van der Waals surface area contributed by atoms with Gasteiger partial charge in [-0.1, -0.05) is 18.2 Å². The summed E-state index contributed by atoms with van der Waals surface area (Å²) in [7, 11) is 0.346. The highest BCUT2D eigenvalue weighted by atomic mass is 32.2. The smallest absolute Gasteiger partial charge is 0.282 e. The molecule has 0 spiro atoms. The van der Waals surface area contributed by atoms with Gasteiger partial charge >= 0.3 is 0 Å². The van der Waals surface area contributed by atoms with Crippen LogP contribution < -0.4 is 20.3 Å². The molecule has 0 bridgehead atoms. The van der Waals surface area contributed by atoms with Crippen molar-refractivity contribution in [3.63, 3.8) is 0 Å². The molecule has 0 radical (unpaired) electrons. The van der Waals surface area contributed by atoms with Crippen molar-refractivity contribution < 1.29 is 13.2 Å². The molecular formula is C32H35N9O4S. The van der Waals surface area contributed by atoms with E-state index in [4.69, 9.17) is 9.84 Å². The number of nitrogens with one attached hydrogen (secondary N) is 3. The second-order valence-electron chi connectivity index (χ2n) is 11.4. The van der Waals surface area contributed by atoms with E-state index >= 15 is 0 Å². The van der Waals surface area contributed by atoms with Crippen LogP contribution in [-0.2, 0) is 10.0 Å². The maximum atomic E-state index is 13.9. The first-order chi connectivity index (χ1) is 22.0. The number of para-hydroxylation sites is 1. The Labute approximate surface area is 265 Å². The Bertz CT molecular complexity index is 2210. The van der Waals surface area contributed by atoms with Gasteiger partial charge in [0.2, 0.25) is 10.0 Å². The minimum absolute atomic E-state index is 0.181. The molecule has 0 unspecified atom stereocenters. The van der Waals surface area contributed by atoms with Crippen LogP contribution in [0.15, 0.2) is 78.1 Å². The van der Waals surface area contributed by atoms with Gasteiger partial charge in [-0.15, -0.1) is 0 Å². The Kier molecular flexibility index (Phi) is 8.23. The predicted octanol–water partition coefficient (Wildman–Crippen LogP) is 4.22. The lowest BCUT2D eigenvalue weighted by Gasteiger charge is -2.20. The van der Waals surface area contributed by atoms with Crippen LogP contribution in [0.4, 0.5) is 11.5 Å². The molecule has 1 atom stereocenters. The largest absolute Gasteiger partial charge is 0.492 e. The number of nitrogens with zero attached hydrogens (tertiary/aromatic N) is 6. The average molecular weight is 642 g/mol. The van der Waals surface area contributed by atoms with E-state index in [0.717, 1.165) is 17.4 Å². The van der Waals surface area contributed by atoms with Gasteiger partial charge in [0.1, 0.15) is 35.7 Å². The van der Waals surface area contributed by atoms with Crippen LogP contribution in [0.5, 0.6) is 5.75 Å². The van der Waals surface area contributed by atoms with Gasteiger partial charge in [-0.3, -0.25) is 14.1 Å². The van der Waals surface area contributed by atoms with E-state index < -0.39 is 16.1 Å². The minimum Gasteiger partial charge on any atom is -0.492 e. The zero-order valence-electron chi connectivity index (χ0n) is 26.1. The molecule has 0 amide bonds. The highest BCUT2D eigenvalue weighted by Crippen LogP contribution is 2.37. The third-order valence-corrected chi connectivity index (χ3v) is 8.07. The topological polar surface area (TPSA) is 152 Å². The van der Waals surface area contributed by atoms with Crippen LogP contribution in [0.2, 0.25) is 0 Å². The lowest BCUT2D eigenvalue weighted by Crippen LogP contribution is -2.29. The zero-order chi connectivity index (χ0) is 32.6. The van der Waals surface area contributed by atoms with E-state index in [1.807, 2.05) is 75.3 Å². The van der Waals surface area contributed by atoms with E-state index in [0.29, 0.717) is 64.0 Å². The molecule has 0 aliphatic heterocycles. The van der Waals surface area contributed by atoms with E-state index in [-0.39, 0.29) is 5.56 Å². The Morgan fingerprint density at radius 1 is 1.09 bits per heavy atom. The number of aromatic amines is 1. The van der Waals surface area contributed by atoms with Crippen molar-refractivity contribution in [2.24, 2.45) is 0 Å². The second-order valence-corrected chi connectivity index (χ2v) is 13.2. The Hall–Kier alpha value is -5.21. The molecule has 4 heterocycles. The van der Waals surface area contributed by atoms with Gasteiger partial charge in [0.05, 0.1) is 29.1 Å². The number of rotatable bonds is 11. The number of hydrogen-bond acceptors (Lipinski definition) is 9. The fourth-order valence-electron chi connectivity index (χ4n) is 5.36. The van der Waals surface area contributed by atoms with E-state index in [2.05, 4.69) is 25.0 Å². The fraction of sp³-hybridized carbons (Fsp3) is 0.250. The maximum Gasteiger partial charge on any atom is 0.282 e. The molecule has 0 saturated carbocycles. The third-order valence-electron chi connectivity index (χ3n) is 7.47. The van der Waals surface area contributed by atoms with Gasteiger partial charge < -0.3 is 19.9 Å². The minimum atomic E-state index is -3.55. The molecule has 3 N–H and O–H groups in total. The summed E-state index contributed by atoms with van der Waals surface area (Å²) in [5.41, 5.74) is 4.20. The molecule has 13 nitrogen and oxygen atoms in total. The summed E-state index contributed by atoms with van der Waals surface area (Å²) < 4.78 is 36.1. The number of aromatic nitrogens is 6. The number of sulfonamides is 1. The molecule has 0 aliphatic rings. The highest BCUT2D eigenvalue weighted by molar-refractivity contribution is 7.92. The molecule has 4 aromatic heterocycles. The Morgan fingerprint density at radius 2 is 1.87 bits per heavy atom. The van der Waals surface area contributed by atoms with E-state index in [9.17, 15) is 13.2 Å². The molecular weight excluding hydrogens is 606 g/mol. The van der Waals surface area contributed by atoms with Gasteiger partial charge in [0, 0.05) is 30.6 Å². The lowest BCUT2D eigenvalue weighted by molar-refractivity contribution is 0.261. The molecule has 14 heteroatoms. The molecule has 6 aromatic rings. The fourth-order valence-corrected chi connectivity index (χ4v) is 5.91. The number of ether oxygens (including phenoxy) is 1. The van der Waals surface area contributed by atoms with Crippen LogP contribution in [0.1, 0.15) is 24.4 Å². The Balaban J connectivity index is 1.44. The van der Waals surface area contributed by atoms with Gasteiger partial charge in [-0.25, -0.2) is 22.9 Å². The van der Waals surface area contributed by atoms with Crippen molar-refractivity contribution in [2.75, 3.05) is 43.5 Å². The number of anilines is 2. The summed E-state index contributed by atoms with van der Waals surface area (Å²) in [6.45, 7) is 4.90. The first kappa shape index (κ1) is 30.8. The van der Waals surface area contributed by atoms with Crippen molar-refractivity contribution in [1.82, 2.24) is 34.0 Å². The highest BCUT2D eigenvalue weighted by Gasteiger charge is 2.22. The van der Waals surface area contributed by atoms with Crippen molar-refractivity contribution in [3.05, 3.63) is 95.1 Å². The van der Waals surface area contributed by atoms with Gasteiger partial charge in [0.15, 0.2) is 5.82 Å². The third kappa shape index (κ3) is 6.30. The predicted molar refractivity (Wildman–Crippen MR) is 179 cm³/mol. The van der Waals surface area contributed by atoms with Crippen LogP contribution in [0.25, 0.3) is 33.4 Å². The summed E-state index contributed by atoms with van der Waals surface area (Å²) in [6, 6.07) is 16.0. The second kappa shape index (κ2) is 12.3. The average Bonchev–Trinajstić information content (AvgIpc) is 3.61. The van der Waals surface area contributed by atoms with E-state index in [1.165, 1.54) is 6.33 Å². The van der Waals surface area contributed by atoms with Crippen LogP contribution >= 0.6 is 0 Å². The maximum absolute atomic E-state index is 13.9. The number of fused-ring (bicyclic) bond motifs is 2. The van der Waals surface area contributed by atoms with Crippen molar-refractivity contribution in [1.29, 1.82) is 0 Å². The molecule has 2 aromatic carbocycles. The summed E-state index contributed by atoms with van der Waals surface area (Å²) in [4.78, 5) is 28.1. The van der Waals surface area contributed by atoms with Crippen LogP contribution in [-0.4, -0.2) is 76.0 Å². The normalized spacial score (nSPS) is 12.6. The van der Waals surface area contributed by atoms with Crippen molar-refractivity contribution >= 4 is 38.1 Å². The zero-order valence-corrected chi connectivity index (χ0v) is 27.0. The SMILES string of the molecule is Cc1ccn2nc([C@H](C)Nc3ncnc4[nH]cc(-c5cc(NS(C)(=O)=O)cc(OCCN(C)C)c5)c34)n(-c3ccccc3)c(=O)c12. The van der Waals surface area contributed by atoms with Crippen molar-refractivity contribution in [2.45, 2.75) is 19.9 Å². The summed E-state index contributed by atoms with van der Waals surface area (Å²) in [6.07, 6.45) is 6.13. The number of hydrogen-bond donors (Lipinski definition) is 3. The number of aryl methyl sites for hydroxylation is 1. The van der Waals surface area contributed by atoms with Crippen LogP contribution in [0, 0.1) is 6.92 Å². The number of benzene rings is 2. The standard InChI is InChI=1S/C32H35N9O4S/c1-20-11-12-40-28(20)32(42)41(24-9-7-6-8-10-24)31(37-40)21(2)36-30-27-26(18-33-29(27)34-19-35-30)22-15-23(38-46(5,43)44)17-25(16-22)45-14-13-39(3)4/h6-12,15-19,21,38H,13-14H2,1-5H3,(H2,33,34,35,36)/t21-/m0/s1. The number of H-pyrrole nitrogens is 1. The van der Waals surface area contributed by atoms with E-state index in [1.54, 1.807) is 33.6 Å². The lowest BCUT2D eigenvalue weighted by atomic mass is 10.0. The molecule has 0 fully saturated rings. The number of likely N-dealkylation sites (N-methyl/N-ethyl adjacent to an activating group) is 1. The molecule has 46 heavy (non-hydrogen) atoms. The molecule has 238 valence electrons. The van der Waals surface area contributed by atoms with Gasteiger partial charge in [0.25, 0.3) is 5.56 Å². The summed E-state index contributed by atoms with van der Waals surface area (Å²) in [5.74, 6) is 1.49. The van der Waals surface area contributed by atoms with Gasteiger partial charge in [-0.05, 0) is 69.4 Å². The monoisotopic (exact) mass is 641 g/mol. The van der Waals surface area contributed by atoms with Crippen LogP contribution in [0.3, 0.4) is 0 Å². The Morgan fingerprint density at radius 3 is 2.61 bits per heavy atom. The van der Waals surface area contributed by atoms with Crippen molar-refractivity contribution in [3.8, 4) is 22.6 Å².